The van der Waals surface area contributed by atoms with Gasteiger partial charge in [0.25, 0.3) is 5.91 Å². The number of nitrogens with zero attached hydrogens (tertiary/aromatic N) is 1. The molecule has 1 N–H and O–H groups in total. The molecule has 0 aliphatic rings. The molecule has 1 amide bonds. The molecule has 6 nitrogen and oxygen atoms in total. The fraction of sp³-hybridized carbons (Fsp3) is 0.312. The van der Waals surface area contributed by atoms with E-state index < -0.39 is 29.0 Å². The van der Waals surface area contributed by atoms with Crippen LogP contribution in [0.4, 0.5) is 8.78 Å². The molecule has 1 aromatic carbocycles. The smallest absolute Gasteiger partial charge is 0.336 e. The van der Waals surface area contributed by atoms with Crippen molar-refractivity contribution < 1.29 is 27.6 Å². The van der Waals surface area contributed by atoms with Gasteiger partial charge >= 0.3 is 5.97 Å². The summed E-state index contributed by atoms with van der Waals surface area (Å²) in [6.07, 6.45) is 0. The number of hydrogen-bond donors (Lipinski definition) is 1. The standard InChI is InChI=1S/C16H16F2N2O4/c1-8-13(9(2)24-20-8)14(21)19-16(3,15(22)23-4)11-7-10(17)5-6-12(11)18/h5-7H,1-4H3,(H,19,21)/t16-/m0/s1. The molecule has 0 fully saturated rings. The zero-order valence-corrected chi connectivity index (χ0v) is 13.6. The Hall–Kier alpha value is -2.77. The van der Waals surface area contributed by atoms with Crippen molar-refractivity contribution in [3.05, 3.63) is 52.4 Å². The van der Waals surface area contributed by atoms with Crippen LogP contribution in [0.2, 0.25) is 0 Å². The van der Waals surface area contributed by atoms with Gasteiger partial charge in [0.15, 0.2) is 5.54 Å². The van der Waals surface area contributed by atoms with Gasteiger partial charge in [-0.15, -0.1) is 0 Å². The average molecular weight is 338 g/mol. The van der Waals surface area contributed by atoms with Crippen LogP contribution in [0.3, 0.4) is 0 Å². The van der Waals surface area contributed by atoms with Crippen molar-refractivity contribution in [3.8, 4) is 0 Å². The number of carbonyl (C=O) groups is 2. The van der Waals surface area contributed by atoms with Crippen LogP contribution in [0.1, 0.15) is 34.3 Å². The Morgan fingerprint density at radius 1 is 1.29 bits per heavy atom. The second-order valence-corrected chi connectivity index (χ2v) is 5.39. The first-order valence-electron chi connectivity index (χ1n) is 7.00. The third-order valence-corrected chi connectivity index (χ3v) is 3.68. The lowest BCUT2D eigenvalue weighted by Crippen LogP contribution is -2.51. The molecule has 0 unspecified atom stereocenters. The second kappa shape index (κ2) is 6.38. The number of carbonyl (C=O) groups excluding carboxylic acids is 2. The number of rotatable bonds is 4. The summed E-state index contributed by atoms with van der Waals surface area (Å²) in [5.74, 6) is -3.05. The SMILES string of the molecule is COC(=O)[C@@](C)(NC(=O)c1c(C)noc1C)c1cc(F)ccc1F. The fourth-order valence-corrected chi connectivity index (χ4v) is 2.41. The minimum absolute atomic E-state index is 0.113. The number of halogens is 2. The number of nitrogens with one attached hydrogen (secondary N) is 1. The maximum atomic E-state index is 14.2. The van der Waals surface area contributed by atoms with Crippen molar-refractivity contribution >= 4 is 11.9 Å². The second-order valence-electron chi connectivity index (χ2n) is 5.39. The van der Waals surface area contributed by atoms with Gasteiger partial charge in [-0.25, -0.2) is 13.6 Å². The van der Waals surface area contributed by atoms with Crippen LogP contribution in [-0.2, 0) is 15.1 Å². The van der Waals surface area contributed by atoms with Gasteiger partial charge in [-0.05, 0) is 39.0 Å². The van der Waals surface area contributed by atoms with Crippen molar-refractivity contribution in [1.29, 1.82) is 0 Å². The molecule has 0 aliphatic carbocycles. The normalized spacial score (nSPS) is 13.2. The van der Waals surface area contributed by atoms with E-state index in [0.717, 1.165) is 25.3 Å². The maximum Gasteiger partial charge on any atom is 0.336 e. The Bertz CT molecular complexity index is 784. The van der Waals surface area contributed by atoms with Crippen LogP contribution in [0, 0.1) is 25.5 Å². The predicted molar refractivity (Wildman–Crippen MR) is 79.2 cm³/mol. The van der Waals surface area contributed by atoms with Gasteiger partial charge < -0.3 is 14.6 Å². The van der Waals surface area contributed by atoms with E-state index in [1.165, 1.54) is 13.8 Å². The Balaban J connectivity index is 2.51. The molecule has 8 heteroatoms. The van der Waals surface area contributed by atoms with Crippen LogP contribution < -0.4 is 5.32 Å². The molecule has 0 radical (unpaired) electrons. The highest BCUT2D eigenvalue weighted by Crippen LogP contribution is 2.27. The number of hydrogen-bond acceptors (Lipinski definition) is 5. The van der Waals surface area contributed by atoms with E-state index in [2.05, 4.69) is 15.2 Å². The lowest BCUT2D eigenvalue weighted by molar-refractivity contribution is -0.148. The highest BCUT2D eigenvalue weighted by atomic mass is 19.1. The lowest BCUT2D eigenvalue weighted by Gasteiger charge is -2.28. The van der Waals surface area contributed by atoms with E-state index in [4.69, 9.17) is 4.52 Å². The summed E-state index contributed by atoms with van der Waals surface area (Å²) in [5, 5.41) is 6.04. The highest BCUT2D eigenvalue weighted by molar-refractivity contribution is 5.99. The summed E-state index contributed by atoms with van der Waals surface area (Å²) in [7, 11) is 1.08. The summed E-state index contributed by atoms with van der Waals surface area (Å²) in [4.78, 5) is 24.7. The van der Waals surface area contributed by atoms with Gasteiger partial charge in [-0.2, -0.15) is 0 Å². The minimum Gasteiger partial charge on any atom is -0.467 e. The first-order chi connectivity index (χ1) is 11.2. The third kappa shape index (κ3) is 2.99. The number of ether oxygens (including phenoxy) is 1. The topological polar surface area (TPSA) is 81.4 Å². The van der Waals surface area contributed by atoms with E-state index >= 15 is 0 Å². The molecule has 0 aliphatic heterocycles. The maximum absolute atomic E-state index is 14.2. The number of methoxy groups -OCH3 is 1. The van der Waals surface area contributed by atoms with Crippen molar-refractivity contribution in [2.24, 2.45) is 0 Å². The number of esters is 1. The molecular weight excluding hydrogens is 322 g/mol. The zero-order valence-electron chi connectivity index (χ0n) is 13.6. The summed E-state index contributed by atoms with van der Waals surface area (Å²) in [6, 6.07) is 2.61. The summed E-state index contributed by atoms with van der Waals surface area (Å²) < 4.78 is 37.3. The molecule has 24 heavy (non-hydrogen) atoms. The van der Waals surface area contributed by atoms with E-state index in [1.807, 2.05) is 0 Å². The van der Waals surface area contributed by atoms with Crippen LogP contribution in [-0.4, -0.2) is 24.1 Å². The van der Waals surface area contributed by atoms with Crippen LogP contribution in [0.15, 0.2) is 22.7 Å². The Labute approximate surface area is 136 Å². The molecule has 1 atom stereocenters. The molecule has 0 saturated carbocycles. The lowest BCUT2D eigenvalue weighted by atomic mass is 9.90. The summed E-state index contributed by atoms with van der Waals surface area (Å²) in [5.41, 5.74) is -1.87. The third-order valence-electron chi connectivity index (χ3n) is 3.68. The van der Waals surface area contributed by atoms with Gasteiger partial charge in [-0.1, -0.05) is 5.16 Å². The Morgan fingerprint density at radius 3 is 2.50 bits per heavy atom. The van der Waals surface area contributed by atoms with Gasteiger partial charge in [0.2, 0.25) is 0 Å². The summed E-state index contributed by atoms with van der Waals surface area (Å²) in [6.45, 7) is 4.30. The van der Waals surface area contributed by atoms with Crippen molar-refractivity contribution in [3.63, 3.8) is 0 Å². The van der Waals surface area contributed by atoms with Crippen LogP contribution in [0.25, 0.3) is 0 Å². The largest absolute Gasteiger partial charge is 0.467 e. The number of aromatic nitrogens is 1. The van der Waals surface area contributed by atoms with Crippen molar-refractivity contribution in [2.45, 2.75) is 26.3 Å². The number of benzene rings is 1. The molecule has 2 aromatic rings. The molecule has 0 bridgehead atoms. The van der Waals surface area contributed by atoms with Crippen LogP contribution in [0.5, 0.6) is 0 Å². The molecule has 0 saturated heterocycles. The van der Waals surface area contributed by atoms with Gasteiger partial charge in [0.1, 0.15) is 23.0 Å². The molecule has 2 rings (SSSR count). The molecule has 1 aromatic heterocycles. The zero-order chi connectivity index (χ0) is 18.1. The Kier molecular flexibility index (Phi) is 4.68. The first-order valence-corrected chi connectivity index (χ1v) is 7.00. The van der Waals surface area contributed by atoms with Crippen molar-refractivity contribution in [1.82, 2.24) is 10.5 Å². The molecular formula is C16H16F2N2O4. The summed E-state index contributed by atoms with van der Waals surface area (Å²) >= 11 is 0. The molecule has 0 spiro atoms. The molecule has 1 heterocycles. The van der Waals surface area contributed by atoms with E-state index in [9.17, 15) is 18.4 Å². The number of amides is 1. The fourth-order valence-electron chi connectivity index (χ4n) is 2.41. The molecule has 128 valence electrons. The van der Waals surface area contributed by atoms with E-state index in [-0.39, 0.29) is 16.9 Å². The van der Waals surface area contributed by atoms with Gasteiger partial charge in [0.05, 0.1) is 12.8 Å². The first kappa shape index (κ1) is 17.6. The highest BCUT2D eigenvalue weighted by Gasteiger charge is 2.41. The van der Waals surface area contributed by atoms with Crippen molar-refractivity contribution in [2.75, 3.05) is 7.11 Å². The number of aryl methyl sites for hydroxylation is 2. The van der Waals surface area contributed by atoms with E-state index in [1.54, 1.807) is 6.92 Å². The van der Waals surface area contributed by atoms with Gasteiger partial charge in [-0.3, -0.25) is 4.79 Å². The predicted octanol–water partition coefficient (Wildman–Crippen LogP) is 2.39. The Morgan fingerprint density at radius 2 is 1.96 bits per heavy atom. The quantitative estimate of drug-likeness (QED) is 0.866. The van der Waals surface area contributed by atoms with Gasteiger partial charge in [0, 0.05) is 5.56 Å². The van der Waals surface area contributed by atoms with Crippen LogP contribution >= 0.6 is 0 Å². The monoisotopic (exact) mass is 338 g/mol. The average Bonchev–Trinajstić information content (AvgIpc) is 2.87. The minimum atomic E-state index is -1.94. The van der Waals surface area contributed by atoms with E-state index in [0.29, 0.717) is 5.69 Å².